The van der Waals surface area contributed by atoms with E-state index in [1.54, 1.807) is 19.2 Å². The van der Waals surface area contributed by atoms with Gasteiger partial charge in [-0.05, 0) is 66.6 Å². The molecule has 1 atom stereocenters. The molecule has 2 N–H and O–H groups in total. The lowest BCUT2D eigenvalue weighted by molar-refractivity contribution is -0.141. The first kappa shape index (κ1) is 24.2. The van der Waals surface area contributed by atoms with Crippen LogP contribution in [-0.4, -0.2) is 41.2 Å². The van der Waals surface area contributed by atoms with Gasteiger partial charge in [0.25, 0.3) is 0 Å². The molecule has 2 aromatic carbocycles. The molecule has 0 radical (unpaired) electrons. The minimum Gasteiger partial charge on any atom is -0.497 e. The molecule has 0 aliphatic rings. The van der Waals surface area contributed by atoms with Gasteiger partial charge in [0, 0.05) is 10.6 Å². The van der Waals surface area contributed by atoms with Gasteiger partial charge >= 0.3 is 5.97 Å². The quantitative estimate of drug-likeness (QED) is 0.400. The summed E-state index contributed by atoms with van der Waals surface area (Å²) in [6.45, 7) is 4.01. The van der Waals surface area contributed by atoms with Gasteiger partial charge in [-0.3, -0.25) is 0 Å². The minimum atomic E-state index is -0.627. The molecule has 1 heterocycles. The highest BCUT2D eigenvalue weighted by atomic mass is 32.2. The van der Waals surface area contributed by atoms with Crippen LogP contribution in [0.15, 0.2) is 58.6 Å². The number of nitrogens with one attached hydrogen (secondary N) is 2. The van der Waals surface area contributed by atoms with Crippen LogP contribution in [0.1, 0.15) is 20.3 Å². The average molecular weight is 472 g/mol. The smallest absolute Gasteiger partial charge is 0.328 e. The molecule has 174 valence electrons. The zero-order valence-corrected chi connectivity index (χ0v) is 19.6. The van der Waals surface area contributed by atoms with Gasteiger partial charge in [-0.2, -0.15) is 15.0 Å². The van der Waals surface area contributed by atoms with Gasteiger partial charge in [0.15, 0.2) is 5.16 Å². The number of aromatic nitrogens is 3. The molecule has 0 aliphatic heterocycles. The van der Waals surface area contributed by atoms with Gasteiger partial charge in [0.1, 0.15) is 17.6 Å². The van der Waals surface area contributed by atoms with Crippen LogP contribution in [0.5, 0.6) is 5.75 Å². The number of hydrogen-bond donors (Lipinski definition) is 2. The maximum atomic E-state index is 13.6. The highest BCUT2D eigenvalue weighted by Crippen LogP contribution is 2.28. The van der Waals surface area contributed by atoms with Crippen molar-refractivity contribution in [3.05, 3.63) is 54.3 Å². The van der Waals surface area contributed by atoms with Gasteiger partial charge in [-0.25, -0.2) is 9.18 Å². The van der Waals surface area contributed by atoms with Crippen molar-refractivity contribution in [2.75, 3.05) is 24.9 Å². The van der Waals surface area contributed by atoms with Gasteiger partial charge in [-0.1, -0.05) is 19.9 Å². The molecule has 0 saturated carbocycles. The third-order valence-corrected chi connectivity index (χ3v) is 5.33. The molecule has 0 aliphatic carbocycles. The van der Waals surface area contributed by atoms with Crippen molar-refractivity contribution in [2.45, 2.75) is 36.4 Å². The summed E-state index contributed by atoms with van der Waals surface area (Å²) >= 11 is 1.32. The summed E-state index contributed by atoms with van der Waals surface area (Å²) in [5, 5.41) is 6.45. The van der Waals surface area contributed by atoms with Crippen LogP contribution in [0.4, 0.5) is 22.0 Å². The van der Waals surface area contributed by atoms with Crippen LogP contribution in [0, 0.1) is 11.7 Å². The molecule has 33 heavy (non-hydrogen) atoms. The molecule has 0 fully saturated rings. The first-order valence-electron chi connectivity index (χ1n) is 10.3. The monoisotopic (exact) mass is 471 g/mol. The Labute approximate surface area is 196 Å². The largest absolute Gasteiger partial charge is 0.497 e. The van der Waals surface area contributed by atoms with E-state index in [0.717, 1.165) is 10.6 Å². The average Bonchev–Trinajstić information content (AvgIpc) is 2.78. The van der Waals surface area contributed by atoms with Crippen LogP contribution >= 0.6 is 11.8 Å². The zero-order valence-electron chi connectivity index (χ0n) is 18.8. The SMILES string of the molecule is COC(=O)[C@@H](CC(C)C)Nc1nc(Nc2cccc(F)c2)nc(Sc2ccc(OC)cc2)n1. The van der Waals surface area contributed by atoms with Crippen LogP contribution in [0.25, 0.3) is 0 Å². The normalized spacial score (nSPS) is 11.7. The Morgan fingerprint density at radius 2 is 1.79 bits per heavy atom. The van der Waals surface area contributed by atoms with E-state index in [1.807, 2.05) is 38.1 Å². The summed E-state index contributed by atoms with van der Waals surface area (Å²) in [5.41, 5.74) is 0.485. The van der Waals surface area contributed by atoms with Crippen molar-refractivity contribution >= 4 is 35.3 Å². The maximum Gasteiger partial charge on any atom is 0.328 e. The lowest BCUT2D eigenvalue weighted by atomic mass is 10.0. The van der Waals surface area contributed by atoms with Crippen LogP contribution in [0.3, 0.4) is 0 Å². The van der Waals surface area contributed by atoms with E-state index in [2.05, 4.69) is 25.6 Å². The lowest BCUT2D eigenvalue weighted by Gasteiger charge is -2.19. The summed E-state index contributed by atoms with van der Waals surface area (Å²) in [6.07, 6.45) is 0.534. The third-order valence-electron chi connectivity index (χ3n) is 4.46. The van der Waals surface area contributed by atoms with Crippen molar-refractivity contribution in [2.24, 2.45) is 5.92 Å². The second kappa shape index (κ2) is 11.5. The Hall–Kier alpha value is -3.40. The number of halogens is 1. The number of ether oxygens (including phenoxy) is 2. The van der Waals surface area contributed by atoms with E-state index in [-0.39, 0.29) is 23.6 Å². The van der Waals surface area contributed by atoms with Gasteiger partial charge in [0.05, 0.1) is 14.2 Å². The first-order chi connectivity index (χ1) is 15.9. The zero-order chi connectivity index (χ0) is 23.8. The van der Waals surface area contributed by atoms with Crippen LogP contribution < -0.4 is 15.4 Å². The molecule has 10 heteroatoms. The summed E-state index contributed by atoms with van der Waals surface area (Å²) in [7, 11) is 2.94. The van der Waals surface area contributed by atoms with Gasteiger partial charge in [0.2, 0.25) is 11.9 Å². The molecule has 1 aromatic heterocycles. The molecule has 0 spiro atoms. The summed E-state index contributed by atoms with van der Waals surface area (Å²) in [6, 6.07) is 12.8. The second-order valence-electron chi connectivity index (χ2n) is 7.53. The molecule has 3 aromatic rings. The van der Waals surface area contributed by atoms with Gasteiger partial charge in [-0.15, -0.1) is 0 Å². The number of anilines is 3. The van der Waals surface area contributed by atoms with E-state index in [0.29, 0.717) is 17.3 Å². The summed E-state index contributed by atoms with van der Waals surface area (Å²) in [5.74, 6) is 0.594. The van der Waals surface area contributed by atoms with E-state index in [9.17, 15) is 9.18 Å². The molecule has 8 nitrogen and oxygen atoms in total. The van der Waals surface area contributed by atoms with Crippen LogP contribution in [0.2, 0.25) is 0 Å². The Morgan fingerprint density at radius 1 is 1.06 bits per heavy atom. The summed E-state index contributed by atoms with van der Waals surface area (Å²) in [4.78, 5) is 26.5. The van der Waals surface area contributed by atoms with Crippen molar-refractivity contribution in [1.82, 2.24) is 15.0 Å². The van der Waals surface area contributed by atoms with Crippen molar-refractivity contribution in [3.8, 4) is 5.75 Å². The van der Waals surface area contributed by atoms with Crippen molar-refractivity contribution < 1.29 is 18.7 Å². The Balaban J connectivity index is 1.92. The standard InChI is InChI=1S/C23H26FN5O3S/c1-14(2)12-19(20(30)32-4)26-22-27-21(25-16-7-5-6-15(24)13-16)28-23(29-22)33-18-10-8-17(31-3)9-11-18/h5-11,13-14,19H,12H2,1-4H3,(H2,25,26,27,28,29)/t19-/m1/s1. The number of esters is 1. The van der Waals surface area contributed by atoms with Gasteiger partial charge < -0.3 is 20.1 Å². The highest BCUT2D eigenvalue weighted by molar-refractivity contribution is 7.99. The number of methoxy groups -OCH3 is 2. The van der Waals surface area contributed by atoms with E-state index < -0.39 is 12.0 Å². The van der Waals surface area contributed by atoms with E-state index in [4.69, 9.17) is 9.47 Å². The number of benzene rings is 2. The molecular formula is C23H26FN5O3S. The Morgan fingerprint density at radius 3 is 2.42 bits per heavy atom. The first-order valence-corrected chi connectivity index (χ1v) is 11.1. The molecule has 0 saturated heterocycles. The molecule has 3 rings (SSSR count). The minimum absolute atomic E-state index is 0.205. The summed E-state index contributed by atoms with van der Waals surface area (Å²) < 4.78 is 23.8. The topological polar surface area (TPSA) is 98.3 Å². The van der Waals surface area contributed by atoms with Crippen molar-refractivity contribution in [1.29, 1.82) is 0 Å². The highest BCUT2D eigenvalue weighted by Gasteiger charge is 2.22. The Bertz CT molecular complexity index is 1080. The lowest BCUT2D eigenvalue weighted by Crippen LogP contribution is -2.33. The predicted octanol–water partition coefficient (Wildman–Crippen LogP) is 4.91. The number of nitrogens with zero attached hydrogens (tertiary/aromatic N) is 3. The molecule has 0 amide bonds. The fourth-order valence-electron chi connectivity index (χ4n) is 2.95. The maximum absolute atomic E-state index is 13.6. The number of rotatable bonds is 10. The van der Waals surface area contributed by atoms with E-state index in [1.165, 1.54) is 31.0 Å². The molecule has 0 bridgehead atoms. The fraction of sp³-hybridized carbons (Fsp3) is 0.304. The van der Waals surface area contributed by atoms with Crippen molar-refractivity contribution in [3.63, 3.8) is 0 Å². The second-order valence-corrected chi connectivity index (χ2v) is 8.57. The Kier molecular flexibility index (Phi) is 8.42. The van der Waals surface area contributed by atoms with Crippen LogP contribution in [-0.2, 0) is 9.53 Å². The number of carbonyl (C=O) groups is 1. The molecule has 0 unspecified atom stereocenters. The number of carbonyl (C=O) groups excluding carboxylic acids is 1. The molecular weight excluding hydrogens is 445 g/mol. The fourth-order valence-corrected chi connectivity index (χ4v) is 3.70. The third kappa shape index (κ3) is 7.31. The number of hydrogen-bond acceptors (Lipinski definition) is 9. The van der Waals surface area contributed by atoms with E-state index >= 15 is 0 Å². The predicted molar refractivity (Wildman–Crippen MR) is 126 cm³/mol.